The van der Waals surface area contributed by atoms with E-state index in [9.17, 15) is 18.2 Å². The molecule has 1 aromatic carbocycles. The van der Waals surface area contributed by atoms with Crippen molar-refractivity contribution in [2.45, 2.75) is 52.4 Å². The molecule has 0 bridgehead atoms. The van der Waals surface area contributed by atoms with E-state index in [-0.39, 0.29) is 18.3 Å². The van der Waals surface area contributed by atoms with Gasteiger partial charge in [0.2, 0.25) is 0 Å². The lowest BCUT2D eigenvalue weighted by Gasteiger charge is -2.07. The van der Waals surface area contributed by atoms with Crippen LogP contribution in [-0.4, -0.2) is 35.8 Å². The van der Waals surface area contributed by atoms with Gasteiger partial charge < -0.3 is 9.21 Å². The van der Waals surface area contributed by atoms with Gasteiger partial charge in [-0.15, -0.1) is 11.3 Å². The Morgan fingerprint density at radius 3 is 2.38 bits per heavy atom. The second kappa shape index (κ2) is 15.4. The van der Waals surface area contributed by atoms with Crippen LogP contribution < -0.4 is 4.74 Å². The zero-order chi connectivity index (χ0) is 29.9. The number of hydrogen-bond acceptors (Lipinski definition) is 5. The quantitative estimate of drug-likeness (QED) is 0.125. The molecule has 1 aliphatic rings. The summed E-state index contributed by atoms with van der Waals surface area (Å²) in [6.45, 7) is 3.85. The third-order valence-corrected chi connectivity index (χ3v) is 7.80. The molecule has 42 heavy (non-hydrogen) atoms. The van der Waals surface area contributed by atoms with Gasteiger partial charge in [-0.2, -0.15) is 0 Å². The van der Waals surface area contributed by atoms with Gasteiger partial charge >= 0.3 is 7.40 Å². The third-order valence-electron chi connectivity index (χ3n) is 6.91. The van der Waals surface area contributed by atoms with Crippen LogP contribution in [0.25, 0.3) is 18.2 Å². The van der Waals surface area contributed by atoms with Crippen molar-refractivity contribution in [1.82, 2.24) is 4.48 Å². The van der Waals surface area contributed by atoms with Gasteiger partial charge in [0.25, 0.3) is 0 Å². The van der Waals surface area contributed by atoms with Crippen molar-refractivity contribution in [2.24, 2.45) is 10.9 Å². The number of unbranched alkanes of at least 4 members (excludes halogenated alkanes) is 3. The maximum Gasteiger partial charge on any atom is 0.678 e. The minimum Gasteiger partial charge on any atom is -0.486 e. The Bertz CT molecular complexity index is 1470. The van der Waals surface area contributed by atoms with Crippen LogP contribution in [0.3, 0.4) is 0 Å². The topological polar surface area (TPSA) is 60.7 Å². The van der Waals surface area contributed by atoms with Crippen LogP contribution in [0.4, 0.5) is 8.63 Å². The number of allylic oxidation sites excluding steroid dienone is 2. The minimum absolute atomic E-state index is 0.00919. The zero-order valence-electron chi connectivity index (χ0n) is 24.0. The molecule has 2 aromatic heterocycles. The van der Waals surface area contributed by atoms with Crippen molar-refractivity contribution >= 4 is 54.2 Å². The largest absolute Gasteiger partial charge is 0.678 e. The minimum atomic E-state index is -2.71. The second-order valence-electron chi connectivity index (χ2n) is 10.5. The number of Topliss-reactive ketones (excluding diaryl/α,β-unsaturated/α-hetero) is 2. The summed E-state index contributed by atoms with van der Waals surface area (Å²) in [6.07, 6.45) is 13.4. The Labute approximate surface area is 250 Å². The molecule has 0 N–H and O–H groups in total. The molecule has 0 saturated carbocycles. The number of aliphatic imine (C=N–C) groups is 1. The highest BCUT2D eigenvalue weighted by Gasteiger charge is 2.22. The van der Waals surface area contributed by atoms with Crippen LogP contribution in [0.2, 0.25) is 0 Å². The SMILES string of the molecule is CC(C)C(=O)CCCCCCC(=O)COc1ccc(/C=C/c2ccc(/C=C3/C=CC(c4cccs4)=N3)n2B(F)F)cc1. The lowest BCUT2D eigenvalue weighted by Crippen LogP contribution is -2.16. The molecule has 0 aliphatic carbocycles. The maximum absolute atomic E-state index is 14.0. The summed E-state index contributed by atoms with van der Waals surface area (Å²) in [4.78, 5) is 29.4. The van der Waals surface area contributed by atoms with Gasteiger partial charge in [-0.05, 0) is 78.4 Å². The van der Waals surface area contributed by atoms with Crippen molar-refractivity contribution in [1.29, 1.82) is 0 Å². The first-order chi connectivity index (χ1) is 20.3. The highest BCUT2D eigenvalue weighted by molar-refractivity contribution is 7.12. The van der Waals surface area contributed by atoms with Crippen molar-refractivity contribution in [3.63, 3.8) is 0 Å². The number of nitrogens with zero attached hydrogens (tertiary/aromatic N) is 2. The number of thiophene rings is 1. The first kappa shape index (κ1) is 31.1. The smallest absolute Gasteiger partial charge is 0.486 e. The van der Waals surface area contributed by atoms with Crippen molar-refractivity contribution < 1.29 is 23.0 Å². The molecular weight excluding hydrogens is 553 g/mol. The molecule has 3 aromatic rings. The number of halogens is 2. The standard InChI is InChI=1S/C33H35BF2N2O3S/c1-24(2)32(40)9-6-4-3-5-8-29(39)23-41-30-18-12-25(13-19-30)11-15-27-16-17-28(38(27)34(35)36)22-26-14-20-31(37-26)33-10-7-21-42-33/h7,10-22,24H,3-6,8-9,23H2,1-2H3/b15-11+,26-22-. The molecule has 1 aliphatic heterocycles. The fourth-order valence-corrected chi connectivity index (χ4v) is 5.18. The van der Waals surface area contributed by atoms with E-state index in [1.807, 2.05) is 55.6 Å². The van der Waals surface area contributed by atoms with E-state index in [4.69, 9.17) is 4.74 Å². The fourth-order valence-electron chi connectivity index (χ4n) is 4.49. The van der Waals surface area contributed by atoms with Crippen LogP contribution in [0.15, 0.2) is 76.8 Å². The molecule has 4 rings (SSSR count). The molecule has 0 saturated heterocycles. The monoisotopic (exact) mass is 588 g/mol. The van der Waals surface area contributed by atoms with Gasteiger partial charge in [0.1, 0.15) is 18.1 Å². The number of carbonyl (C=O) groups excluding carboxylic acids is 2. The Balaban J connectivity index is 1.26. The van der Waals surface area contributed by atoms with E-state index in [1.54, 1.807) is 53.8 Å². The summed E-state index contributed by atoms with van der Waals surface area (Å²) in [6, 6.07) is 14.4. The molecule has 0 unspecified atom stereocenters. The average molecular weight is 589 g/mol. The number of rotatable bonds is 16. The molecule has 9 heteroatoms. The number of carbonyl (C=O) groups is 2. The Kier molecular flexibility index (Phi) is 11.4. The highest BCUT2D eigenvalue weighted by Crippen LogP contribution is 2.23. The fraction of sp³-hybridized carbons (Fsp3) is 0.303. The van der Waals surface area contributed by atoms with Crippen LogP contribution in [0.1, 0.15) is 74.2 Å². The molecule has 0 amide bonds. The first-order valence-corrected chi connectivity index (χ1v) is 15.1. The van der Waals surface area contributed by atoms with E-state index >= 15 is 0 Å². The maximum atomic E-state index is 14.0. The van der Waals surface area contributed by atoms with Gasteiger partial charge in [-0.25, -0.2) is 4.99 Å². The summed E-state index contributed by atoms with van der Waals surface area (Å²) in [5.41, 5.74) is 3.01. The lowest BCUT2D eigenvalue weighted by molar-refractivity contribution is -0.122. The molecule has 0 fully saturated rings. The summed E-state index contributed by atoms with van der Waals surface area (Å²) in [5, 5.41) is 1.97. The summed E-state index contributed by atoms with van der Waals surface area (Å²) in [5.74, 6) is 0.994. The van der Waals surface area contributed by atoms with Crippen molar-refractivity contribution in [2.75, 3.05) is 6.61 Å². The molecule has 0 atom stereocenters. The zero-order valence-corrected chi connectivity index (χ0v) is 24.8. The number of benzene rings is 1. The van der Waals surface area contributed by atoms with Crippen molar-refractivity contribution in [3.8, 4) is 5.75 Å². The predicted octanol–water partition coefficient (Wildman–Crippen LogP) is 8.41. The van der Waals surface area contributed by atoms with Crippen LogP contribution in [0.5, 0.6) is 5.75 Å². The molecule has 0 radical (unpaired) electrons. The number of hydrogen-bond donors (Lipinski definition) is 0. The highest BCUT2D eigenvalue weighted by atomic mass is 32.1. The summed E-state index contributed by atoms with van der Waals surface area (Å²) in [7, 11) is -2.71. The van der Waals surface area contributed by atoms with Crippen LogP contribution in [0, 0.1) is 5.92 Å². The second-order valence-corrected chi connectivity index (χ2v) is 11.4. The van der Waals surface area contributed by atoms with E-state index in [0.29, 0.717) is 41.5 Å². The average Bonchev–Trinajstić information content (AvgIpc) is 3.74. The molecule has 5 nitrogen and oxygen atoms in total. The molecule has 0 spiro atoms. The third kappa shape index (κ3) is 9.08. The normalized spacial score (nSPS) is 13.8. The van der Waals surface area contributed by atoms with Gasteiger partial charge in [0.05, 0.1) is 16.3 Å². The van der Waals surface area contributed by atoms with Gasteiger partial charge in [0, 0.05) is 30.1 Å². The van der Waals surface area contributed by atoms with Crippen LogP contribution >= 0.6 is 11.3 Å². The van der Waals surface area contributed by atoms with E-state index in [1.165, 1.54) is 0 Å². The summed E-state index contributed by atoms with van der Waals surface area (Å²) < 4.78 is 34.6. The molecular formula is C33H35BF2N2O3S. The first-order valence-electron chi connectivity index (χ1n) is 14.3. The summed E-state index contributed by atoms with van der Waals surface area (Å²) >= 11 is 1.58. The van der Waals surface area contributed by atoms with E-state index < -0.39 is 7.40 Å². The predicted molar refractivity (Wildman–Crippen MR) is 169 cm³/mol. The Morgan fingerprint density at radius 2 is 1.69 bits per heavy atom. The van der Waals surface area contributed by atoms with E-state index in [2.05, 4.69) is 4.99 Å². The van der Waals surface area contributed by atoms with Gasteiger partial charge in [-0.3, -0.25) is 18.2 Å². The molecule has 3 heterocycles. The van der Waals surface area contributed by atoms with Crippen molar-refractivity contribution in [3.05, 3.63) is 93.6 Å². The Morgan fingerprint density at radius 1 is 0.952 bits per heavy atom. The number of aromatic nitrogens is 1. The van der Waals surface area contributed by atoms with Gasteiger partial charge in [0.15, 0.2) is 5.78 Å². The number of ether oxygens (including phenoxy) is 1. The lowest BCUT2D eigenvalue weighted by atomic mass is 10.0. The Hall–Kier alpha value is -3.85. The molecule has 218 valence electrons. The van der Waals surface area contributed by atoms with E-state index in [0.717, 1.165) is 46.3 Å². The van der Waals surface area contributed by atoms with Crippen LogP contribution in [-0.2, 0) is 9.59 Å². The van der Waals surface area contributed by atoms with Gasteiger partial charge in [-0.1, -0.05) is 51.0 Å². The number of ketones is 2.